The number of benzene rings is 1. The second kappa shape index (κ2) is 9.82. The van der Waals surface area contributed by atoms with Crippen molar-refractivity contribution in [3.8, 4) is 5.75 Å². The van der Waals surface area contributed by atoms with E-state index in [9.17, 15) is 14.9 Å². The smallest absolute Gasteiger partial charge is 0.271 e. The molecule has 0 aliphatic carbocycles. The molecule has 0 bridgehead atoms. The molecule has 1 unspecified atom stereocenters. The Balaban J connectivity index is 1.53. The van der Waals surface area contributed by atoms with E-state index in [1.807, 2.05) is 6.92 Å². The normalized spacial score (nSPS) is 16.3. The summed E-state index contributed by atoms with van der Waals surface area (Å²) in [5.74, 6) is 0.199. The molecule has 9 heteroatoms. The highest BCUT2D eigenvalue weighted by Crippen LogP contribution is 2.29. The Labute approximate surface area is 174 Å². The number of nitrogens with one attached hydrogen (secondary N) is 1. The molecule has 1 aliphatic rings. The highest BCUT2D eigenvalue weighted by molar-refractivity contribution is 7.09. The predicted octanol–water partition coefficient (Wildman–Crippen LogP) is 2.85. The van der Waals surface area contributed by atoms with Crippen molar-refractivity contribution in [1.29, 1.82) is 0 Å². The lowest BCUT2D eigenvalue weighted by molar-refractivity contribution is -0.384. The number of hydrogen-bond acceptors (Lipinski definition) is 7. The van der Waals surface area contributed by atoms with Gasteiger partial charge in [0.25, 0.3) is 5.69 Å². The van der Waals surface area contributed by atoms with E-state index >= 15 is 0 Å². The fourth-order valence-electron chi connectivity index (χ4n) is 3.41. The molecule has 2 aromatic rings. The quantitative estimate of drug-likeness (QED) is 0.524. The van der Waals surface area contributed by atoms with Gasteiger partial charge in [-0.05, 0) is 30.9 Å². The first-order valence-electron chi connectivity index (χ1n) is 9.60. The minimum absolute atomic E-state index is 0.0897. The molecule has 3 rings (SSSR count). The van der Waals surface area contributed by atoms with E-state index in [1.54, 1.807) is 11.3 Å². The standard InChI is InChI=1S/C20H26N4O4S/c1-15(20(25)21-18-14-16(24(26)27)5-6-19(18)28-2)23-11-9-22(10-12-23)8-7-17-4-3-13-29-17/h3-6,13-15H,7-12H2,1-2H3,(H,21,25). The van der Waals surface area contributed by atoms with Crippen molar-refractivity contribution < 1.29 is 14.5 Å². The van der Waals surface area contributed by atoms with E-state index < -0.39 is 4.92 Å². The lowest BCUT2D eigenvalue weighted by Crippen LogP contribution is -2.53. The maximum Gasteiger partial charge on any atom is 0.271 e. The SMILES string of the molecule is COc1ccc([N+](=O)[O-])cc1NC(=O)C(C)N1CCN(CCc2cccs2)CC1. The lowest BCUT2D eigenvalue weighted by Gasteiger charge is -2.37. The van der Waals surface area contributed by atoms with Crippen molar-refractivity contribution in [1.82, 2.24) is 9.80 Å². The van der Waals surface area contributed by atoms with Gasteiger partial charge >= 0.3 is 0 Å². The molecular weight excluding hydrogens is 392 g/mol. The van der Waals surface area contributed by atoms with Gasteiger partial charge in [-0.2, -0.15) is 0 Å². The lowest BCUT2D eigenvalue weighted by atomic mass is 10.2. The van der Waals surface area contributed by atoms with Crippen LogP contribution < -0.4 is 10.1 Å². The maximum absolute atomic E-state index is 12.7. The average Bonchev–Trinajstić information content (AvgIpc) is 3.25. The summed E-state index contributed by atoms with van der Waals surface area (Å²) in [6.45, 7) is 6.35. The molecule has 1 N–H and O–H groups in total. The van der Waals surface area contributed by atoms with Gasteiger partial charge in [-0.25, -0.2) is 0 Å². The van der Waals surface area contributed by atoms with Crippen molar-refractivity contribution in [2.24, 2.45) is 0 Å². The summed E-state index contributed by atoms with van der Waals surface area (Å²) in [5, 5.41) is 15.9. The van der Waals surface area contributed by atoms with Gasteiger partial charge in [0.2, 0.25) is 5.91 Å². The predicted molar refractivity (Wildman–Crippen MR) is 114 cm³/mol. The van der Waals surface area contributed by atoms with E-state index in [0.29, 0.717) is 11.4 Å². The van der Waals surface area contributed by atoms with E-state index in [4.69, 9.17) is 4.74 Å². The zero-order valence-electron chi connectivity index (χ0n) is 16.7. The Morgan fingerprint density at radius 3 is 2.69 bits per heavy atom. The van der Waals surface area contributed by atoms with E-state index in [-0.39, 0.29) is 17.6 Å². The van der Waals surface area contributed by atoms with E-state index in [0.717, 1.165) is 39.1 Å². The molecule has 0 spiro atoms. The number of piperazine rings is 1. The first-order chi connectivity index (χ1) is 14.0. The van der Waals surface area contributed by atoms with Gasteiger partial charge in [0, 0.05) is 49.7 Å². The highest BCUT2D eigenvalue weighted by atomic mass is 32.1. The fraction of sp³-hybridized carbons (Fsp3) is 0.450. The molecule has 1 amide bonds. The summed E-state index contributed by atoms with van der Waals surface area (Å²) in [5.41, 5.74) is 0.223. The summed E-state index contributed by atoms with van der Waals surface area (Å²) >= 11 is 1.79. The van der Waals surface area contributed by atoms with Gasteiger partial charge in [0.15, 0.2) is 0 Å². The Kier molecular flexibility index (Phi) is 7.18. The molecule has 0 radical (unpaired) electrons. The van der Waals surface area contributed by atoms with Crippen molar-refractivity contribution in [3.05, 3.63) is 50.7 Å². The molecular formula is C20H26N4O4S. The van der Waals surface area contributed by atoms with Crippen molar-refractivity contribution in [2.45, 2.75) is 19.4 Å². The third-order valence-electron chi connectivity index (χ3n) is 5.24. The molecule has 2 heterocycles. The summed E-state index contributed by atoms with van der Waals surface area (Å²) in [6, 6.07) is 8.08. The molecule has 29 heavy (non-hydrogen) atoms. The number of thiophene rings is 1. The number of nitro groups is 1. The molecule has 1 saturated heterocycles. The van der Waals surface area contributed by atoms with Crippen LogP contribution in [0.4, 0.5) is 11.4 Å². The van der Waals surface area contributed by atoms with Crippen molar-refractivity contribution in [2.75, 3.05) is 45.2 Å². The molecule has 1 aliphatic heterocycles. The summed E-state index contributed by atoms with van der Waals surface area (Å²) in [7, 11) is 1.47. The van der Waals surface area contributed by atoms with E-state index in [1.165, 1.54) is 30.2 Å². The highest BCUT2D eigenvalue weighted by Gasteiger charge is 2.26. The minimum Gasteiger partial charge on any atom is -0.495 e. The van der Waals surface area contributed by atoms with Gasteiger partial charge in [-0.1, -0.05) is 6.07 Å². The number of hydrogen-bond donors (Lipinski definition) is 1. The van der Waals surface area contributed by atoms with Crippen LogP contribution in [0.2, 0.25) is 0 Å². The minimum atomic E-state index is -0.492. The zero-order valence-corrected chi connectivity index (χ0v) is 17.5. The van der Waals surface area contributed by atoms with Crippen LogP contribution >= 0.6 is 11.3 Å². The van der Waals surface area contributed by atoms with Crippen LogP contribution in [-0.2, 0) is 11.2 Å². The number of carbonyl (C=O) groups is 1. The molecule has 1 aromatic carbocycles. The van der Waals surface area contributed by atoms with Gasteiger partial charge in [-0.3, -0.25) is 19.8 Å². The number of methoxy groups -OCH3 is 1. The monoisotopic (exact) mass is 418 g/mol. The molecule has 156 valence electrons. The molecule has 0 saturated carbocycles. The zero-order chi connectivity index (χ0) is 20.8. The fourth-order valence-corrected chi connectivity index (χ4v) is 4.11. The summed E-state index contributed by atoms with van der Waals surface area (Å²) in [4.78, 5) is 29.2. The van der Waals surface area contributed by atoms with Crippen LogP contribution in [0, 0.1) is 10.1 Å². The van der Waals surface area contributed by atoms with Crippen LogP contribution in [0.5, 0.6) is 5.75 Å². The molecule has 1 atom stereocenters. The summed E-state index contributed by atoms with van der Waals surface area (Å²) < 4.78 is 5.22. The molecule has 1 aromatic heterocycles. The number of carbonyl (C=O) groups excluding carboxylic acids is 1. The number of non-ortho nitro benzene ring substituents is 1. The number of rotatable bonds is 8. The first kappa shape index (κ1) is 21.2. The van der Waals surface area contributed by atoms with Gasteiger partial charge in [0.1, 0.15) is 5.75 Å². The topological polar surface area (TPSA) is 87.9 Å². The van der Waals surface area contributed by atoms with Crippen LogP contribution in [0.15, 0.2) is 35.7 Å². The molecule has 1 fully saturated rings. The van der Waals surface area contributed by atoms with Crippen molar-refractivity contribution in [3.63, 3.8) is 0 Å². The number of ether oxygens (including phenoxy) is 1. The van der Waals surface area contributed by atoms with Crippen LogP contribution in [0.25, 0.3) is 0 Å². The maximum atomic E-state index is 12.7. The van der Waals surface area contributed by atoms with Gasteiger partial charge in [0.05, 0.1) is 23.8 Å². The van der Waals surface area contributed by atoms with Crippen molar-refractivity contribution >= 4 is 28.6 Å². The van der Waals surface area contributed by atoms with E-state index in [2.05, 4.69) is 32.6 Å². The third kappa shape index (κ3) is 5.53. The second-order valence-electron chi connectivity index (χ2n) is 7.01. The Bertz CT molecular complexity index is 835. The Morgan fingerprint density at radius 1 is 1.31 bits per heavy atom. The Morgan fingerprint density at radius 2 is 2.07 bits per heavy atom. The Hall–Kier alpha value is -2.49. The number of amides is 1. The molecule has 8 nitrogen and oxygen atoms in total. The van der Waals surface area contributed by atoms with Crippen LogP contribution in [-0.4, -0.2) is 66.5 Å². The van der Waals surface area contributed by atoms with Gasteiger partial charge < -0.3 is 15.0 Å². The van der Waals surface area contributed by atoms with Crippen LogP contribution in [0.1, 0.15) is 11.8 Å². The van der Waals surface area contributed by atoms with Gasteiger partial charge in [-0.15, -0.1) is 11.3 Å². The average molecular weight is 419 g/mol. The first-order valence-corrected chi connectivity index (χ1v) is 10.5. The second-order valence-corrected chi connectivity index (χ2v) is 8.05. The third-order valence-corrected chi connectivity index (χ3v) is 6.18. The number of anilines is 1. The largest absolute Gasteiger partial charge is 0.495 e. The number of nitrogens with zero attached hydrogens (tertiary/aromatic N) is 3. The number of nitro benzene ring substituents is 1. The summed E-state index contributed by atoms with van der Waals surface area (Å²) in [6.07, 6.45) is 1.06. The van der Waals surface area contributed by atoms with Crippen LogP contribution in [0.3, 0.4) is 0 Å².